The monoisotopic (exact) mass is 219 g/mol. The molecule has 0 atom stereocenters. The van der Waals surface area contributed by atoms with Gasteiger partial charge in [0.05, 0.1) is 6.61 Å². The van der Waals surface area contributed by atoms with Gasteiger partial charge in [-0.05, 0) is 6.92 Å². The van der Waals surface area contributed by atoms with Crippen LogP contribution in [0.3, 0.4) is 0 Å². The average molecular weight is 219 g/mol. The number of carbonyl (C=O) groups excluding carboxylic acids is 1. The van der Waals surface area contributed by atoms with E-state index in [4.69, 9.17) is 5.14 Å². The van der Waals surface area contributed by atoms with Crippen LogP contribution in [0.4, 0.5) is 0 Å². The molecule has 0 amide bonds. The zero-order valence-corrected chi connectivity index (χ0v) is 8.17. The van der Waals surface area contributed by atoms with Gasteiger partial charge in [0.25, 0.3) is 10.0 Å². The van der Waals surface area contributed by atoms with Gasteiger partial charge in [0.15, 0.2) is 10.7 Å². The first-order chi connectivity index (χ1) is 6.45. The molecule has 14 heavy (non-hydrogen) atoms. The van der Waals surface area contributed by atoms with Crippen LogP contribution in [0.5, 0.6) is 0 Å². The first-order valence-corrected chi connectivity index (χ1v) is 5.25. The van der Waals surface area contributed by atoms with E-state index in [0.29, 0.717) is 0 Å². The number of aromatic nitrogens is 2. The third-order valence-corrected chi connectivity index (χ3v) is 2.17. The number of H-pyrrole nitrogens is 1. The number of aromatic amines is 1. The van der Waals surface area contributed by atoms with Gasteiger partial charge in [0, 0.05) is 6.07 Å². The predicted molar refractivity (Wildman–Crippen MR) is 45.9 cm³/mol. The molecule has 1 aromatic rings. The van der Waals surface area contributed by atoms with E-state index < -0.39 is 16.0 Å². The lowest BCUT2D eigenvalue weighted by molar-refractivity contribution is 0.0519. The summed E-state index contributed by atoms with van der Waals surface area (Å²) in [7, 11) is -3.86. The molecule has 3 N–H and O–H groups in total. The summed E-state index contributed by atoms with van der Waals surface area (Å²) in [5.41, 5.74) is -0.115. The summed E-state index contributed by atoms with van der Waals surface area (Å²) in [4.78, 5) is 11.0. The third kappa shape index (κ3) is 2.30. The molecule has 0 aliphatic heterocycles. The molecular formula is C6H9N3O4S. The average Bonchev–Trinajstić information content (AvgIpc) is 2.51. The van der Waals surface area contributed by atoms with Gasteiger partial charge in [0.2, 0.25) is 0 Å². The van der Waals surface area contributed by atoms with Crippen LogP contribution in [0, 0.1) is 0 Å². The van der Waals surface area contributed by atoms with Crippen LogP contribution < -0.4 is 5.14 Å². The second-order valence-electron chi connectivity index (χ2n) is 2.38. The van der Waals surface area contributed by atoms with Crippen molar-refractivity contribution >= 4 is 16.0 Å². The van der Waals surface area contributed by atoms with Crippen molar-refractivity contribution in [1.29, 1.82) is 0 Å². The van der Waals surface area contributed by atoms with Crippen molar-refractivity contribution in [3.05, 3.63) is 11.8 Å². The van der Waals surface area contributed by atoms with Gasteiger partial charge in [-0.3, -0.25) is 5.10 Å². The third-order valence-electron chi connectivity index (χ3n) is 1.35. The highest BCUT2D eigenvalue weighted by atomic mass is 32.2. The van der Waals surface area contributed by atoms with Gasteiger partial charge >= 0.3 is 5.97 Å². The Morgan fingerprint density at radius 3 is 2.79 bits per heavy atom. The molecule has 8 heteroatoms. The molecule has 1 heterocycles. The SMILES string of the molecule is CCOC(=O)c1cc(S(N)(=O)=O)[nH]n1. The van der Waals surface area contributed by atoms with Crippen molar-refractivity contribution in [2.45, 2.75) is 11.9 Å². The lowest BCUT2D eigenvalue weighted by atomic mass is 10.4. The Balaban J connectivity index is 2.94. The van der Waals surface area contributed by atoms with Crippen LogP contribution in [-0.2, 0) is 14.8 Å². The fourth-order valence-corrected chi connectivity index (χ4v) is 1.21. The number of nitrogens with zero attached hydrogens (tertiary/aromatic N) is 1. The molecule has 0 spiro atoms. The van der Waals surface area contributed by atoms with E-state index in [9.17, 15) is 13.2 Å². The Morgan fingerprint density at radius 1 is 1.71 bits per heavy atom. The van der Waals surface area contributed by atoms with Crippen molar-refractivity contribution in [2.24, 2.45) is 5.14 Å². The number of esters is 1. The number of rotatable bonds is 3. The zero-order valence-electron chi connectivity index (χ0n) is 7.35. The molecule has 0 saturated carbocycles. The largest absolute Gasteiger partial charge is 0.461 e. The van der Waals surface area contributed by atoms with E-state index in [2.05, 4.69) is 14.9 Å². The molecule has 7 nitrogen and oxygen atoms in total. The van der Waals surface area contributed by atoms with Gasteiger partial charge in [0.1, 0.15) is 0 Å². The van der Waals surface area contributed by atoms with Crippen molar-refractivity contribution in [2.75, 3.05) is 6.61 Å². The highest BCUT2D eigenvalue weighted by molar-refractivity contribution is 7.89. The maximum absolute atomic E-state index is 11.0. The summed E-state index contributed by atoms with van der Waals surface area (Å²) in [5.74, 6) is -0.696. The highest BCUT2D eigenvalue weighted by Crippen LogP contribution is 2.05. The van der Waals surface area contributed by atoms with Crippen LogP contribution in [0.2, 0.25) is 0 Å². The van der Waals surface area contributed by atoms with Crippen LogP contribution >= 0.6 is 0 Å². The number of nitrogens with one attached hydrogen (secondary N) is 1. The highest BCUT2D eigenvalue weighted by Gasteiger charge is 2.16. The fraction of sp³-hybridized carbons (Fsp3) is 0.333. The molecule has 0 unspecified atom stereocenters. The first kappa shape index (κ1) is 10.7. The Hall–Kier alpha value is -1.41. The molecule has 0 saturated heterocycles. The zero-order chi connectivity index (χ0) is 10.8. The normalized spacial score (nSPS) is 11.3. The number of nitrogens with two attached hydrogens (primary N) is 1. The number of hydrogen-bond acceptors (Lipinski definition) is 5. The minimum Gasteiger partial charge on any atom is -0.461 e. The minimum atomic E-state index is -3.86. The van der Waals surface area contributed by atoms with E-state index in [1.54, 1.807) is 6.92 Å². The van der Waals surface area contributed by atoms with Crippen LogP contribution in [0.15, 0.2) is 11.1 Å². The molecule has 0 bridgehead atoms. The molecule has 0 fully saturated rings. The Labute approximate surface area is 80.3 Å². The molecule has 0 aliphatic rings. The van der Waals surface area contributed by atoms with E-state index in [1.807, 2.05) is 0 Å². The Morgan fingerprint density at radius 2 is 2.36 bits per heavy atom. The number of sulfonamides is 1. The Kier molecular flexibility index (Phi) is 2.87. The smallest absolute Gasteiger partial charge is 0.358 e. The summed E-state index contributed by atoms with van der Waals surface area (Å²) in [5, 5.41) is 10.0. The maximum Gasteiger partial charge on any atom is 0.358 e. The van der Waals surface area contributed by atoms with Crippen molar-refractivity contribution in [3.8, 4) is 0 Å². The number of primary sulfonamides is 1. The van der Waals surface area contributed by atoms with Crippen molar-refractivity contribution in [3.63, 3.8) is 0 Å². The van der Waals surface area contributed by atoms with Gasteiger partial charge in [-0.15, -0.1) is 0 Å². The van der Waals surface area contributed by atoms with Crippen LogP contribution in [0.25, 0.3) is 0 Å². The standard InChI is InChI=1S/C6H9N3O4S/c1-2-13-6(10)4-3-5(9-8-4)14(7,11)12/h3H,2H2,1H3,(H,8,9)(H2,7,11,12). The van der Waals surface area contributed by atoms with Gasteiger partial charge in [-0.2, -0.15) is 5.10 Å². The maximum atomic E-state index is 11.0. The molecule has 0 radical (unpaired) electrons. The van der Waals surface area contributed by atoms with E-state index in [1.165, 1.54) is 0 Å². The quantitative estimate of drug-likeness (QED) is 0.648. The second kappa shape index (κ2) is 3.76. The second-order valence-corrected chi connectivity index (χ2v) is 3.91. The molecule has 1 aromatic heterocycles. The first-order valence-electron chi connectivity index (χ1n) is 3.70. The van der Waals surface area contributed by atoms with Gasteiger partial charge in [-0.25, -0.2) is 18.4 Å². The molecule has 0 aliphatic carbocycles. The minimum absolute atomic E-state index is 0.115. The summed E-state index contributed by atoms with van der Waals surface area (Å²) in [6, 6.07) is 1.02. The predicted octanol–water partition coefficient (Wildman–Crippen LogP) is -0.766. The fourth-order valence-electron chi connectivity index (χ4n) is 0.759. The number of ether oxygens (including phenoxy) is 1. The van der Waals surface area contributed by atoms with E-state index >= 15 is 0 Å². The van der Waals surface area contributed by atoms with E-state index in [-0.39, 0.29) is 17.3 Å². The number of carbonyl (C=O) groups is 1. The van der Waals surface area contributed by atoms with E-state index in [0.717, 1.165) is 6.07 Å². The lowest BCUT2D eigenvalue weighted by Crippen LogP contribution is -2.12. The molecule has 0 aromatic carbocycles. The number of hydrogen-bond donors (Lipinski definition) is 2. The molecule has 78 valence electrons. The molecular weight excluding hydrogens is 210 g/mol. The van der Waals surface area contributed by atoms with Crippen molar-refractivity contribution < 1.29 is 17.9 Å². The van der Waals surface area contributed by atoms with Gasteiger partial charge in [-0.1, -0.05) is 0 Å². The topological polar surface area (TPSA) is 115 Å². The summed E-state index contributed by atoms with van der Waals surface area (Å²) in [6.45, 7) is 1.82. The van der Waals surface area contributed by atoms with Crippen LogP contribution in [-0.4, -0.2) is 31.2 Å². The summed E-state index contributed by atoms with van der Waals surface area (Å²) >= 11 is 0. The van der Waals surface area contributed by atoms with Crippen LogP contribution in [0.1, 0.15) is 17.4 Å². The molecule has 1 rings (SSSR count). The summed E-state index contributed by atoms with van der Waals surface area (Å²) in [6.07, 6.45) is 0. The van der Waals surface area contributed by atoms with Crippen molar-refractivity contribution in [1.82, 2.24) is 10.2 Å². The Bertz CT molecular complexity index is 436. The summed E-state index contributed by atoms with van der Waals surface area (Å²) < 4.78 is 26.2. The van der Waals surface area contributed by atoms with Gasteiger partial charge < -0.3 is 4.74 Å². The lowest BCUT2D eigenvalue weighted by Gasteiger charge is -1.94.